The van der Waals surface area contributed by atoms with Crippen molar-refractivity contribution in [3.8, 4) is 5.75 Å². The lowest BCUT2D eigenvalue weighted by atomic mass is 10.2. The van der Waals surface area contributed by atoms with E-state index in [1.807, 2.05) is 11.8 Å². The van der Waals surface area contributed by atoms with Gasteiger partial charge in [-0.3, -0.25) is 9.79 Å². The Morgan fingerprint density at radius 3 is 2.81 bits per heavy atom. The fraction of sp³-hybridized carbons (Fsp3) is 0.579. The Balaban J connectivity index is 0.00000364. The summed E-state index contributed by atoms with van der Waals surface area (Å²) < 4.78 is 0. The molecule has 6 nitrogen and oxygen atoms in total. The molecule has 0 aliphatic heterocycles. The largest absolute Gasteiger partial charge is 0.508 e. The van der Waals surface area contributed by atoms with Crippen molar-refractivity contribution in [1.29, 1.82) is 0 Å². The number of amides is 1. The maximum atomic E-state index is 12.0. The lowest BCUT2D eigenvalue weighted by molar-refractivity contribution is 0.0953. The van der Waals surface area contributed by atoms with Gasteiger partial charge in [0.25, 0.3) is 5.91 Å². The van der Waals surface area contributed by atoms with E-state index < -0.39 is 0 Å². The van der Waals surface area contributed by atoms with Crippen LogP contribution in [0.4, 0.5) is 0 Å². The van der Waals surface area contributed by atoms with Crippen molar-refractivity contribution in [3.63, 3.8) is 0 Å². The van der Waals surface area contributed by atoms with Gasteiger partial charge in [0.1, 0.15) is 5.75 Å². The Labute approximate surface area is 183 Å². The quantitative estimate of drug-likeness (QED) is 0.189. The van der Waals surface area contributed by atoms with E-state index in [0.29, 0.717) is 24.7 Å². The van der Waals surface area contributed by atoms with Crippen LogP contribution in [0.2, 0.25) is 0 Å². The van der Waals surface area contributed by atoms with Crippen LogP contribution < -0.4 is 16.0 Å². The maximum Gasteiger partial charge on any atom is 0.251 e. The Bertz CT molecular complexity index is 615. The van der Waals surface area contributed by atoms with Gasteiger partial charge in [0, 0.05) is 36.5 Å². The lowest BCUT2D eigenvalue weighted by Gasteiger charge is -2.17. The molecule has 0 radical (unpaired) electrons. The van der Waals surface area contributed by atoms with Crippen molar-refractivity contribution >= 4 is 47.6 Å². The van der Waals surface area contributed by atoms with Crippen molar-refractivity contribution in [2.45, 2.75) is 43.9 Å². The van der Waals surface area contributed by atoms with E-state index in [0.717, 1.165) is 24.2 Å². The third kappa shape index (κ3) is 8.59. The van der Waals surface area contributed by atoms with Crippen molar-refractivity contribution in [1.82, 2.24) is 16.0 Å². The average Bonchev–Trinajstić information content (AvgIpc) is 3.09. The molecular weight excluding hydrogens is 475 g/mol. The van der Waals surface area contributed by atoms with Crippen LogP contribution in [0.3, 0.4) is 0 Å². The summed E-state index contributed by atoms with van der Waals surface area (Å²) in [4.78, 5) is 16.6. The molecule has 1 fully saturated rings. The zero-order valence-corrected chi connectivity index (χ0v) is 19.2. The highest BCUT2D eigenvalue weighted by molar-refractivity contribution is 14.0. The molecule has 0 aromatic heterocycles. The third-order valence-electron chi connectivity index (χ3n) is 4.40. The number of aliphatic imine (C=N–C) groups is 1. The zero-order valence-electron chi connectivity index (χ0n) is 16.0. The van der Waals surface area contributed by atoms with Gasteiger partial charge in [-0.1, -0.05) is 6.07 Å². The van der Waals surface area contributed by atoms with Crippen LogP contribution in [0.1, 0.15) is 43.0 Å². The SMILES string of the molecule is CCNC(=NCCCNC(=O)c1cccc(O)c1)NC1CCC(SC)C1.I. The van der Waals surface area contributed by atoms with E-state index in [1.165, 1.54) is 25.3 Å². The van der Waals surface area contributed by atoms with E-state index in [4.69, 9.17) is 0 Å². The van der Waals surface area contributed by atoms with Gasteiger partial charge in [-0.05, 0) is 57.1 Å². The summed E-state index contributed by atoms with van der Waals surface area (Å²) in [6.45, 7) is 4.09. The van der Waals surface area contributed by atoms with Crippen molar-refractivity contribution in [3.05, 3.63) is 29.8 Å². The van der Waals surface area contributed by atoms with Gasteiger partial charge in [-0.2, -0.15) is 11.8 Å². The molecule has 1 amide bonds. The van der Waals surface area contributed by atoms with Gasteiger partial charge >= 0.3 is 0 Å². The first-order valence-corrected chi connectivity index (χ1v) is 10.6. The second-order valence-electron chi connectivity index (χ2n) is 6.43. The topological polar surface area (TPSA) is 85.8 Å². The molecule has 1 aliphatic rings. The summed E-state index contributed by atoms with van der Waals surface area (Å²) in [5, 5.41) is 19.8. The molecule has 1 aromatic carbocycles. The number of hydrogen-bond acceptors (Lipinski definition) is 4. The number of phenols is 1. The predicted molar refractivity (Wildman–Crippen MR) is 125 cm³/mol. The molecule has 2 atom stereocenters. The second-order valence-corrected chi connectivity index (χ2v) is 7.57. The van der Waals surface area contributed by atoms with E-state index in [1.54, 1.807) is 18.2 Å². The number of benzene rings is 1. The molecule has 8 heteroatoms. The summed E-state index contributed by atoms with van der Waals surface area (Å²) in [5.41, 5.74) is 0.466. The minimum absolute atomic E-state index is 0. The fourth-order valence-corrected chi connectivity index (χ4v) is 3.82. The molecule has 1 saturated carbocycles. The van der Waals surface area contributed by atoms with Crippen molar-refractivity contribution in [2.24, 2.45) is 4.99 Å². The fourth-order valence-electron chi connectivity index (χ4n) is 3.02. The molecule has 0 heterocycles. The summed E-state index contributed by atoms with van der Waals surface area (Å²) >= 11 is 1.95. The molecule has 2 rings (SSSR count). The van der Waals surface area contributed by atoms with Crippen LogP contribution in [0, 0.1) is 0 Å². The molecule has 0 saturated heterocycles. The lowest BCUT2D eigenvalue weighted by Crippen LogP contribution is -2.42. The van der Waals surface area contributed by atoms with Crippen LogP contribution in [-0.4, -0.2) is 54.2 Å². The standard InChI is InChI=1S/C19H30N4O2S.HI/c1-3-20-19(23-15-8-9-17(13-15)26-2)22-11-5-10-21-18(25)14-6-4-7-16(24)12-14;/h4,6-7,12,15,17,24H,3,5,8-11,13H2,1-2H3,(H,21,25)(H2,20,22,23);1H. The van der Waals surface area contributed by atoms with Crippen LogP contribution in [-0.2, 0) is 0 Å². The Morgan fingerprint density at radius 2 is 2.15 bits per heavy atom. The number of hydrogen-bond donors (Lipinski definition) is 4. The first kappa shape index (κ1) is 23.9. The molecule has 4 N–H and O–H groups in total. The maximum absolute atomic E-state index is 12.0. The van der Waals surface area contributed by atoms with Crippen LogP contribution in [0.5, 0.6) is 5.75 Å². The molecule has 27 heavy (non-hydrogen) atoms. The second kappa shape index (κ2) is 13.1. The number of halogens is 1. The number of nitrogens with one attached hydrogen (secondary N) is 3. The molecular formula is C19H31IN4O2S. The van der Waals surface area contributed by atoms with Gasteiger partial charge in [-0.15, -0.1) is 24.0 Å². The molecule has 152 valence electrons. The molecule has 0 bridgehead atoms. The normalized spacial score (nSPS) is 19.3. The highest BCUT2D eigenvalue weighted by Gasteiger charge is 2.24. The molecule has 1 aliphatic carbocycles. The van der Waals surface area contributed by atoms with E-state index in [2.05, 4.69) is 34.1 Å². The van der Waals surface area contributed by atoms with E-state index >= 15 is 0 Å². The number of thioether (sulfide) groups is 1. The number of phenolic OH excluding ortho intramolecular Hbond substituents is 1. The van der Waals surface area contributed by atoms with Crippen LogP contribution in [0.25, 0.3) is 0 Å². The summed E-state index contributed by atoms with van der Waals surface area (Å²) in [6, 6.07) is 6.85. The number of nitrogens with zero attached hydrogens (tertiary/aromatic N) is 1. The minimum atomic E-state index is -0.177. The first-order valence-electron chi connectivity index (χ1n) is 9.27. The molecule has 1 aromatic rings. The van der Waals surface area contributed by atoms with Crippen LogP contribution >= 0.6 is 35.7 Å². The van der Waals surface area contributed by atoms with E-state index in [9.17, 15) is 9.90 Å². The van der Waals surface area contributed by atoms with Gasteiger partial charge in [0.15, 0.2) is 5.96 Å². The summed E-state index contributed by atoms with van der Waals surface area (Å²) in [5.74, 6) is 0.779. The van der Waals surface area contributed by atoms with E-state index in [-0.39, 0.29) is 35.6 Å². The number of rotatable bonds is 8. The monoisotopic (exact) mass is 506 g/mol. The minimum Gasteiger partial charge on any atom is -0.508 e. The first-order chi connectivity index (χ1) is 12.6. The van der Waals surface area contributed by atoms with Gasteiger partial charge in [-0.25, -0.2) is 0 Å². The van der Waals surface area contributed by atoms with Gasteiger partial charge in [0.05, 0.1) is 0 Å². The number of guanidine groups is 1. The smallest absolute Gasteiger partial charge is 0.251 e. The average molecular weight is 506 g/mol. The summed E-state index contributed by atoms with van der Waals surface area (Å²) in [6.07, 6.45) is 6.58. The highest BCUT2D eigenvalue weighted by Crippen LogP contribution is 2.27. The highest BCUT2D eigenvalue weighted by atomic mass is 127. The van der Waals surface area contributed by atoms with Gasteiger partial charge in [0.2, 0.25) is 0 Å². The molecule has 2 unspecified atom stereocenters. The van der Waals surface area contributed by atoms with Crippen LogP contribution in [0.15, 0.2) is 29.3 Å². The predicted octanol–water partition coefficient (Wildman–Crippen LogP) is 2.97. The number of carbonyl (C=O) groups excluding carboxylic acids is 1. The van der Waals surface area contributed by atoms with Crippen molar-refractivity contribution in [2.75, 3.05) is 25.9 Å². The zero-order chi connectivity index (χ0) is 18.8. The molecule has 0 spiro atoms. The number of aromatic hydroxyl groups is 1. The Morgan fingerprint density at radius 1 is 1.33 bits per heavy atom. The Hall–Kier alpha value is -1.16. The number of carbonyl (C=O) groups is 1. The summed E-state index contributed by atoms with van der Waals surface area (Å²) in [7, 11) is 0. The third-order valence-corrected chi connectivity index (χ3v) is 5.50. The van der Waals surface area contributed by atoms with Crippen molar-refractivity contribution < 1.29 is 9.90 Å². The Kier molecular flexibility index (Phi) is 11.6. The van der Waals surface area contributed by atoms with Gasteiger partial charge < -0.3 is 21.1 Å².